The van der Waals surface area contributed by atoms with Crippen molar-refractivity contribution < 1.29 is 42.9 Å². The van der Waals surface area contributed by atoms with E-state index in [-0.39, 0.29) is 32.2 Å². The van der Waals surface area contributed by atoms with E-state index < -0.39 is 24.3 Å². The average Bonchev–Trinajstić information content (AvgIpc) is 1.18. The van der Waals surface area contributed by atoms with E-state index >= 15 is 0 Å². The summed E-state index contributed by atoms with van der Waals surface area (Å²) in [7, 11) is 5.95. The van der Waals surface area contributed by atoms with Crippen molar-refractivity contribution in [3.63, 3.8) is 0 Å². The van der Waals surface area contributed by atoms with E-state index in [0.717, 1.165) is 96.3 Å². The first kappa shape index (κ1) is 101. The van der Waals surface area contributed by atoms with Crippen molar-refractivity contribution in [1.82, 2.24) is 0 Å². The van der Waals surface area contributed by atoms with E-state index in [2.05, 4.69) is 135 Å². The van der Waals surface area contributed by atoms with E-state index in [1.165, 1.54) is 283 Å². The number of ether oxygens (including phenoxy) is 4. The lowest BCUT2D eigenvalue weighted by atomic mass is 10.0. The molecule has 2 unspecified atom stereocenters. The predicted octanol–water partition coefficient (Wildman–Crippen LogP) is 28.0. The second kappa shape index (κ2) is 85.3. The third-order valence-electron chi connectivity index (χ3n) is 19.7. The van der Waals surface area contributed by atoms with Gasteiger partial charge in [-0.25, -0.2) is 0 Å². The van der Waals surface area contributed by atoms with E-state index in [9.17, 15) is 19.5 Å². The molecule has 0 amide bonds. The zero-order valence-corrected chi connectivity index (χ0v) is 69.6. The molecule has 0 heterocycles. The fourth-order valence-electron chi connectivity index (χ4n) is 12.9. The van der Waals surface area contributed by atoms with Crippen LogP contribution in [0.3, 0.4) is 0 Å². The van der Waals surface area contributed by atoms with E-state index in [4.69, 9.17) is 18.9 Å². The summed E-state index contributed by atoms with van der Waals surface area (Å²) in [5.74, 6) is -2.26. The number of likely N-dealkylation sites (N-methyl/N-ethyl adjacent to an activating group) is 1. The summed E-state index contributed by atoms with van der Waals surface area (Å²) in [6, 6.07) is 0. The van der Waals surface area contributed by atoms with Gasteiger partial charge in [0.1, 0.15) is 13.2 Å². The maximum absolute atomic E-state index is 13.0. The van der Waals surface area contributed by atoms with Crippen LogP contribution in [0.1, 0.15) is 412 Å². The summed E-state index contributed by atoms with van der Waals surface area (Å²) in [6.07, 6.45) is 119. The average molecular weight is 1470 g/mol. The SMILES string of the molecule is CC/C=C\C/C=C\C/C=C\C/C=C\C/C=C\C/C=C\C/C=C\C/C=C\CCCCCCCCCCCCCCCCCCC(=O)OC(COC(=O)CCCCCCCCCCCCCCCCCCCCCCCCCCCCC/C=C\C/C=C\CCCCCCC)COC(OCC[N+](C)(C)C)C(=O)[O-]. The van der Waals surface area contributed by atoms with Gasteiger partial charge in [-0.1, -0.05) is 411 Å². The maximum atomic E-state index is 13.0. The second-order valence-electron chi connectivity index (χ2n) is 31.2. The number of aliphatic carboxylic acids is 1. The van der Waals surface area contributed by atoms with Crippen LogP contribution in [-0.2, 0) is 33.3 Å². The van der Waals surface area contributed by atoms with Crippen LogP contribution in [0, 0.1) is 0 Å². The number of esters is 2. The summed E-state index contributed by atoms with van der Waals surface area (Å²) < 4.78 is 22.9. The van der Waals surface area contributed by atoms with E-state index in [0.29, 0.717) is 23.9 Å². The number of carbonyl (C=O) groups excluding carboxylic acids is 3. The van der Waals surface area contributed by atoms with Gasteiger partial charge < -0.3 is 33.3 Å². The van der Waals surface area contributed by atoms with Crippen LogP contribution in [0.4, 0.5) is 0 Å². The molecule has 9 nitrogen and oxygen atoms in total. The molecule has 0 aliphatic rings. The zero-order valence-electron chi connectivity index (χ0n) is 69.6. The monoisotopic (exact) mass is 1460 g/mol. The quantitative estimate of drug-likeness (QED) is 0.0195. The van der Waals surface area contributed by atoms with Gasteiger partial charge in [-0.05, 0) is 109 Å². The Kier molecular flexibility index (Phi) is 81.8. The van der Waals surface area contributed by atoms with Crippen LogP contribution in [0.5, 0.6) is 0 Å². The summed E-state index contributed by atoms with van der Waals surface area (Å²) in [4.78, 5) is 37.7. The van der Waals surface area contributed by atoms with Gasteiger partial charge in [-0.3, -0.25) is 9.59 Å². The number of carbonyl (C=O) groups is 3. The molecule has 0 saturated carbocycles. The maximum Gasteiger partial charge on any atom is 0.306 e. The number of nitrogens with zero attached hydrogens (tertiary/aromatic N) is 1. The highest BCUT2D eigenvalue weighted by molar-refractivity contribution is 5.70. The molecule has 0 bridgehead atoms. The standard InChI is InChI=1S/C96H169NO8/c1-6-8-10-12-14-16-18-20-22-24-26-28-30-32-34-36-38-40-42-44-46-47-49-51-53-55-57-59-61-63-65-67-69-71-73-75-77-79-81-83-85-87-94(99)105-92(91-104-96(95(100)101)102-89-88-97(3,4)5)90-103-93(98)86-84-82-80-78-76-74-72-70-68-66-64-62-60-58-56-54-52-50-48-45-43-41-39-37-35-33-31-29-27-25-23-21-19-17-15-13-11-9-7-2/h8,10,14,16,19-22,25-28,32,34,38,40,44,46,49,51,92,96H,6-7,9,11-13,15,17-18,23-24,29-31,33,35-37,39,41-43,45,47-48,50,52-91H2,1-5H3/b10-8-,16-14-,21-19-,22-20-,27-25-,28-26-,34-32-,40-38-,46-44-,51-49-. The molecule has 0 aliphatic carbocycles. The zero-order chi connectivity index (χ0) is 76.0. The van der Waals surface area contributed by atoms with Crippen molar-refractivity contribution in [3.8, 4) is 0 Å². The Balaban J connectivity index is 3.95. The highest BCUT2D eigenvalue weighted by Gasteiger charge is 2.22. The van der Waals surface area contributed by atoms with E-state index in [1.54, 1.807) is 0 Å². The van der Waals surface area contributed by atoms with Gasteiger partial charge in [-0.15, -0.1) is 0 Å². The first-order valence-corrected chi connectivity index (χ1v) is 44.7. The summed E-state index contributed by atoms with van der Waals surface area (Å²) in [6.45, 7) is 4.67. The van der Waals surface area contributed by atoms with Crippen LogP contribution in [0.15, 0.2) is 122 Å². The van der Waals surface area contributed by atoms with Gasteiger partial charge in [0.25, 0.3) is 0 Å². The number of carboxylic acids is 1. The first-order chi connectivity index (χ1) is 51.6. The molecule has 105 heavy (non-hydrogen) atoms. The van der Waals surface area contributed by atoms with Crippen LogP contribution in [0.2, 0.25) is 0 Å². The van der Waals surface area contributed by atoms with Gasteiger partial charge in [-0.2, -0.15) is 0 Å². The normalized spacial score (nSPS) is 13.2. The van der Waals surface area contributed by atoms with Gasteiger partial charge in [0.2, 0.25) is 0 Å². The molecule has 0 N–H and O–H groups in total. The third-order valence-corrected chi connectivity index (χ3v) is 19.7. The lowest BCUT2D eigenvalue weighted by Gasteiger charge is -2.26. The van der Waals surface area contributed by atoms with Crippen molar-refractivity contribution in [2.45, 2.75) is 424 Å². The second-order valence-corrected chi connectivity index (χ2v) is 31.2. The predicted molar refractivity (Wildman–Crippen MR) is 453 cm³/mol. The molecule has 0 fully saturated rings. The minimum Gasteiger partial charge on any atom is -0.545 e. The number of hydrogen-bond donors (Lipinski definition) is 0. The summed E-state index contributed by atoms with van der Waals surface area (Å²) in [5, 5.41) is 11.9. The Morgan fingerprint density at radius 1 is 0.295 bits per heavy atom. The fourth-order valence-corrected chi connectivity index (χ4v) is 12.9. The molecule has 0 spiro atoms. The molecular weight excluding hydrogens is 1300 g/mol. The molecule has 0 rings (SSSR count). The largest absolute Gasteiger partial charge is 0.545 e. The smallest absolute Gasteiger partial charge is 0.306 e. The van der Waals surface area contributed by atoms with Crippen LogP contribution >= 0.6 is 0 Å². The Morgan fingerprint density at radius 2 is 0.543 bits per heavy atom. The molecule has 2 atom stereocenters. The number of unbranched alkanes of at least 4 members (excludes halogenated alkanes) is 48. The van der Waals surface area contributed by atoms with Gasteiger partial charge in [0, 0.05) is 12.8 Å². The van der Waals surface area contributed by atoms with Crippen LogP contribution < -0.4 is 5.11 Å². The van der Waals surface area contributed by atoms with Gasteiger partial charge in [0.05, 0.1) is 40.3 Å². The molecular formula is C96H169NO8. The fraction of sp³-hybridized carbons (Fsp3) is 0.760. The highest BCUT2D eigenvalue weighted by atomic mass is 16.7. The number of hydrogen-bond acceptors (Lipinski definition) is 8. The number of rotatable bonds is 83. The molecule has 606 valence electrons. The summed E-state index contributed by atoms with van der Waals surface area (Å²) in [5.41, 5.74) is 0. The summed E-state index contributed by atoms with van der Waals surface area (Å²) >= 11 is 0. The van der Waals surface area contributed by atoms with Crippen molar-refractivity contribution in [2.75, 3.05) is 47.5 Å². The molecule has 9 heteroatoms. The topological polar surface area (TPSA) is 111 Å². The molecule has 0 aliphatic heterocycles. The molecule has 0 radical (unpaired) electrons. The lowest BCUT2D eigenvalue weighted by molar-refractivity contribution is -0.870. The van der Waals surface area contributed by atoms with Crippen molar-refractivity contribution in [3.05, 3.63) is 122 Å². The van der Waals surface area contributed by atoms with Crippen LogP contribution in [0.25, 0.3) is 0 Å². The molecule has 0 aromatic heterocycles. The van der Waals surface area contributed by atoms with Gasteiger partial charge in [0.15, 0.2) is 12.4 Å². The van der Waals surface area contributed by atoms with E-state index in [1.807, 2.05) is 21.1 Å². The minimum absolute atomic E-state index is 0.147. The minimum atomic E-state index is -1.63. The highest BCUT2D eigenvalue weighted by Crippen LogP contribution is 2.20. The number of allylic oxidation sites excluding steroid dienone is 20. The molecule has 0 saturated heterocycles. The number of carboxylic acid groups (broad SMARTS) is 1. The van der Waals surface area contributed by atoms with Gasteiger partial charge >= 0.3 is 11.9 Å². The number of quaternary nitrogens is 1. The first-order valence-electron chi connectivity index (χ1n) is 44.7. The Labute approximate surface area is 650 Å². The lowest BCUT2D eigenvalue weighted by Crippen LogP contribution is -2.44. The Bertz CT molecular complexity index is 2160. The Hall–Kier alpha value is -4.31. The van der Waals surface area contributed by atoms with Crippen molar-refractivity contribution in [2.24, 2.45) is 0 Å². The molecule has 0 aromatic rings. The third kappa shape index (κ3) is 86.8. The van der Waals surface area contributed by atoms with Crippen molar-refractivity contribution >= 4 is 17.9 Å². The van der Waals surface area contributed by atoms with Crippen molar-refractivity contribution in [1.29, 1.82) is 0 Å². The molecule has 0 aromatic carbocycles. The van der Waals surface area contributed by atoms with Crippen LogP contribution in [-0.4, -0.2) is 82.3 Å². The Morgan fingerprint density at radius 3 is 0.810 bits per heavy atom.